The average molecular weight is 371 g/mol. The first-order valence-electron chi connectivity index (χ1n) is 8.62. The number of hydrogen-bond acceptors (Lipinski definition) is 4. The predicted octanol–water partition coefficient (Wildman–Crippen LogP) is 1.25. The van der Waals surface area contributed by atoms with E-state index in [0.717, 1.165) is 22.6 Å². The van der Waals surface area contributed by atoms with Crippen LogP contribution in [0.2, 0.25) is 0 Å². The number of carbonyl (C=O) groups is 2. The molecule has 8 heteroatoms. The van der Waals surface area contributed by atoms with E-state index in [4.69, 9.17) is 0 Å². The van der Waals surface area contributed by atoms with Crippen LogP contribution in [0.3, 0.4) is 0 Å². The van der Waals surface area contributed by atoms with Gasteiger partial charge in [-0.05, 0) is 30.2 Å². The number of amides is 2. The van der Waals surface area contributed by atoms with E-state index < -0.39 is 4.92 Å². The van der Waals surface area contributed by atoms with E-state index in [1.54, 1.807) is 7.05 Å². The van der Waals surface area contributed by atoms with Gasteiger partial charge in [-0.2, -0.15) is 0 Å². The summed E-state index contributed by atoms with van der Waals surface area (Å²) in [5, 5.41) is 16.2. The van der Waals surface area contributed by atoms with Crippen LogP contribution < -0.4 is 15.5 Å². The Hall–Kier alpha value is -3.26. The Labute approximate surface area is 157 Å². The van der Waals surface area contributed by atoms with Crippen molar-refractivity contribution >= 4 is 28.9 Å². The van der Waals surface area contributed by atoms with Crippen molar-refractivity contribution in [2.45, 2.75) is 13.3 Å². The Morgan fingerprint density at radius 1 is 1.00 bits per heavy atom. The first-order chi connectivity index (χ1) is 12.9. The van der Waals surface area contributed by atoms with Crippen LogP contribution in [0.4, 0.5) is 17.1 Å². The molecule has 0 saturated carbocycles. The standard InChI is InChI=1S/C19H22N4O4/c1-3-14-6-4-5-7-17(14)21-19(25)13-22(2)12-18(24)20-15-8-10-16(11-9-15)23(26)27/h4-11H,3,12-13H2,1-2H3,(H,20,24)(H,21,25)/p+1. The highest BCUT2D eigenvalue weighted by Gasteiger charge is 2.15. The zero-order chi connectivity index (χ0) is 19.8. The second-order valence-corrected chi connectivity index (χ2v) is 6.22. The van der Waals surface area contributed by atoms with Crippen molar-refractivity contribution in [3.63, 3.8) is 0 Å². The Balaban J connectivity index is 1.83. The van der Waals surface area contributed by atoms with E-state index in [-0.39, 0.29) is 30.6 Å². The van der Waals surface area contributed by atoms with E-state index in [9.17, 15) is 19.7 Å². The maximum Gasteiger partial charge on any atom is 0.279 e. The van der Waals surface area contributed by atoms with Gasteiger partial charge in [0.05, 0.1) is 12.0 Å². The second-order valence-electron chi connectivity index (χ2n) is 6.22. The topological polar surface area (TPSA) is 106 Å². The summed E-state index contributed by atoms with van der Waals surface area (Å²) in [5.74, 6) is -0.445. The molecule has 0 aliphatic carbocycles. The van der Waals surface area contributed by atoms with Crippen LogP contribution in [0.5, 0.6) is 0 Å². The fraction of sp³-hybridized carbons (Fsp3) is 0.263. The molecule has 0 bridgehead atoms. The zero-order valence-corrected chi connectivity index (χ0v) is 15.3. The number of anilines is 2. The third kappa shape index (κ3) is 6.19. The summed E-state index contributed by atoms with van der Waals surface area (Å²) in [5.41, 5.74) is 2.27. The van der Waals surface area contributed by atoms with Crippen molar-refractivity contribution in [1.29, 1.82) is 0 Å². The number of nitrogens with zero attached hydrogens (tertiary/aromatic N) is 1. The monoisotopic (exact) mass is 371 g/mol. The molecule has 0 heterocycles. The SMILES string of the molecule is CCc1ccccc1NC(=O)C[NH+](C)CC(=O)Nc1ccc([N+](=O)[O-])cc1. The lowest BCUT2D eigenvalue weighted by molar-refractivity contribution is -0.862. The predicted molar refractivity (Wildman–Crippen MR) is 103 cm³/mol. The lowest BCUT2D eigenvalue weighted by Crippen LogP contribution is -3.11. The summed E-state index contributed by atoms with van der Waals surface area (Å²) in [6.07, 6.45) is 0.816. The molecule has 0 fully saturated rings. The van der Waals surface area contributed by atoms with Crippen molar-refractivity contribution in [3.8, 4) is 0 Å². The van der Waals surface area contributed by atoms with Crippen molar-refractivity contribution < 1.29 is 19.4 Å². The maximum atomic E-state index is 12.2. The fourth-order valence-corrected chi connectivity index (χ4v) is 2.63. The Kier molecular flexibility index (Phi) is 7.01. The highest BCUT2D eigenvalue weighted by Crippen LogP contribution is 2.15. The van der Waals surface area contributed by atoms with Crippen molar-refractivity contribution in [2.24, 2.45) is 0 Å². The first-order valence-corrected chi connectivity index (χ1v) is 8.62. The molecular formula is C19H23N4O4+. The van der Waals surface area contributed by atoms with Gasteiger partial charge in [0.1, 0.15) is 0 Å². The third-order valence-corrected chi connectivity index (χ3v) is 3.96. The molecule has 0 saturated heterocycles. The number of likely N-dealkylation sites (N-methyl/N-ethyl adjacent to an activating group) is 1. The van der Waals surface area contributed by atoms with E-state index in [1.165, 1.54) is 24.3 Å². The lowest BCUT2D eigenvalue weighted by Gasteiger charge is -2.15. The molecule has 2 amide bonds. The van der Waals surface area contributed by atoms with Gasteiger partial charge in [0.15, 0.2) is 13.1 Å². The number of nitrogens with one attached hydrogen (secondary N) is 3. The van der Waals surface area contributed by atoms with Gasteiger partial charge in [0.25, 0.3) is 17.5 Å². The van der Waals surface area contributed by atoms with E-state index in [2.05, 4.69) is 10.6 Å². The van der Waals surface area contributed by atoms with Gasteiger partial charge in [-0.25, -0.2) is 0 Å². The maximum absolute atomic E-state index is 12.2. The van der Waals surface area contributed by atoms with E-state index in [0.29, 0.717) is 5.69 Å². The smallest absolute Gasteiger partial charge is 0.279 e. The van der Waals surface area contributed by atoms with E-state index >= 15 is 0 Å². The second kappa shape index (κ2) is 9.44. The Morgan fingerprint density at radius 3 is 2.19 bits per heavy atom. The first kappa shape index (κ1) is 20.1. The van der Waals surface area contributed by atoms with Gasteiger partial charge in [0, 0.05) is 23.5 Å². The molecule has 0 aromatic heterocycles. The summed E-state index contributed by atoms with van der Waals surface area (Å²) < 4.78 is 0. The van der Waals surface area contributed by atoms with Gasteiger partial charge >= 0.3 is 0 Å². The van der Waals surface area contributed by atoms with Crippen LogP contribution in [0.15, 0.2) is 48.5 Å². The molecular weight excluding hydrogens is 348 g/mol. The Morgan fingerprint density at radius 2 is 1.59 bits per heavy atom. The van der Waals surface area contributed by atoms with Crippen LogP contribution in [0.1, 0.15) is 12.5 Å². The molecule has 1 unspecified atom stereocenters. The lowest BCUT2D eigenvalue weighted by atomic mass is 10.1. The number of nitro benzene ring substituents is 1. The number of non-ortho nitro benzene ring substituents is 1. The highest BCUT2D eigenvalue weighted by atomic mass is 16.6. The average Bonchev–Trinajstić information content (AvgIpc) is 2.62. The molecule has 2 aromatic rings. The fourth-order valence-electron chi connectivity index (χ4n) is 2.63. The number of rotatable bonds is 8. The number of benzene rings is 2. The van der Waals surface area contributed by atoms with Crippen molar-refractivity contribution in [1.82, 2.24) is 0 Å². The number of aryl methyl sites for hydroxylation is 1. The molecule has 3 N–H and O–H groups in total. The quantitative estimate of drug-likeness (QED) is 0.480. The van der Waals surface area contributed by atoms with Gasteiger partial charge in [0.2, 0.25) is 0 Å². The molecule has 0 spiro atoms. The van der Waals surface area contributed by atoms with Gasteiger partial charge in [-0.3, -0.25) is 19.7 Å². The summed E-state index contributed by atoms with van der Waals surface area (Å²) in [4.78, 5) is 35.1. The summed E-state index contributed by atoms with van der Waals surface area (Å²) in [7, 11) is 1.75. The number of nitro groups is 1. The number of hydrogen-bond donors (Lipinski definition) is 3. The molecule has 0 radical (unpaired) electrons. The molecule has 142 valence electrons. The van der Waals surface area contributed by atoms with Crippen molar-refractivity contribution in [2.75, 3.05) is 30.8 Å². The number of carbonyl (C=O) groups excluding carboxylic acids is 2. The van der Waals surface area contributed by atoms with Crippen LogP contribution in [-0.4, -0.2) is 36.9 Å². The number of para-hydroxylation sites is 1. The van der Waals surface area contributed by atoms with E-state index in [1.807, 2.05) is 31.2 Å². The molecule has 1 atom stereocenters. The van der Waals surface area contributed by atoms with Gasteiger partial charge in [-0.15, -0.1) is 0 Å². The van der Waals surface area contributed by atoms with Crippen molar-refractivity contribution in [3.05, 3.63) is 64.2 Å². The summed E-state index contributed by atoms with van der Waals surface area (Å²) in [6.45, 7) is 2.26. The molecule has 8 nitrogen and oxygen atoms in total. The van der Waals surface area contributed by atoms with Crippen LogP contribution in [0.25, 0.3) is 0 Å². The molecule has 27 heavy (non-hydrogen) atoms. The third-order valence-electron chi connectivity index (χ3n) is 3.96. The largest absolute Gasteiger partial charge is 0.322 e. The van der Waals surface area contributed by atoms with Crippen LogP contribution >= 0.6 is 0 Å². The van der Waals surface area contributed by atoms with Gasteiger partial charge < -0.3 is 15.5 Å². The minimum atomic E-state index is -0.501. The minimum absolute atomic E-state index is 0.0419. The van der Waals surface area contributed by atoms with Crippen LogP contribution in [0, 0.1) is 10.1 Å². The molecule has 2 aromatic carbocycles. The molecule has 0 aliphatic heterocycles. The summed E-state index contributed by atoms with van der Waals surface area (Å²) in [6, 6.07) is 13.2. The van der Waals surface area contributed by atoms with Crippen LogP contribution in [-0.2, 0) is 16.0 Å². The zero-order valence-electron chi connectivity index (χ0n) is 15.3. The highest BCUT2D eigenvalue weighted by molar-refractivity contribution is 5.93. The normalized spacial score (nSPS) is 11.5. The van der Waals surface area contributed by atoms with Gasteiger partial charge in [-0.1, -0.05) is 25.1 Å². The molecule has 0 aliphatic rings. The Bertz CT molecular complexity index is 821. The summed E-state index contributed by atoms with van der Waals surface area (Å²) >= 11 is 0. The minimum Gasteiger partial charge on any atom is -0.322 e. The number of quaternary nitrogens is 1. The molecule has 2 rings (SSSR count).